The molecule has 3 N–H and O–H groups in total. The van der Waals surface area contributed by atoms with Gasteiger partial charge in [-0.3, -0.25) is 4.79 Å². The smallest absolute Gasteiger partial charge is 0.407 e. The van der Waals surface area contributed by atoms with Crippen LogP contribution < -0.4 is 11.1 Å². The van der Waals surface area contributed by atoms with Crippen LogP contribution in [-0.2, 0) is 20.9 Å². The van der Waals surface area contributed by atoms with E-state index in [2.05, 4.69) is 5.32 Å². The summed E-state index contributed by atoms with van der Waals surface area (Å²) in [4.78, 5) is 26.8. The van der Waals surface area contributed by atoms with Gasteiger partial charge in [-0.15, -0.1) is 0 Å². The van der Waals surface area contributed by atoms with Gasteiger partial charge in [0.25, 0.3) is 0 Å². The van der Waals surface area contributed by atoms with E-state index in [1.165, 1.54) is 32.1 Å². The average Bonchev–Trinajstić information content (AvgIpc) is 2.81. The third-order valence-corrected chi connectivity index (χ3v) is 6.38. The van der Waals surface area contributed by atoms with E-state index < -0.39 is 12.1 Å². The molecule has 1 saturated carbocycles. The molecule has 1 aliphatic heterocycles. The van der Waals surface area contributed by atoms with Crippen LogP contribution in [0.3, 0.4) is 0 Å². The number of carbonyl (C=O) groups excluding carboxylic acids is 2. The Balaban J connectivity index is 1.40. The minimum absolute atomic E-state index is 0.111. The van der Waals surface area contributed by atoms with E-state index in [9.17, 15) is 9.59 Å². The van der Waals surface area contributed by atoms with Crippen LogP contribution in [0.4, 0.5) is 4.79 Å². The first-order valence-corrected chi connectivity index (χ1v) is 11.7. The second-order valence-corrected chi connectivity index (χ2v) is 8.90. The van der Waals surface area contributed by atoms with Gasteiger partial charge in [0, 0.05) is 25.7 Å². The number of alkyl carbamates (subject to hydrolysis) is 1. The van der Waals surface area contributed by atoms with Crippen molar-refractivity contribution in [1.29, 1.82) is 0 Å². The molecule has 1 aromatic carbocycles. The fourth-order valence-corrected chi connectivity index (χ4v) is 4.38. The van der Waals surface area contributed by atoms with Gasteiger partial charge >= 0.3 is 6.09 Å². The molecule has 31 heavy (non-hydrogen) atoms. The Morgan fingerprint density at radius 1 is 1.13 bits per heavy atom. The van der Waals surface area contributed by atoms with E-state index >= 15 is 0 Å². The first kappa shape index (κ1) is 23.5. The number of ether oxygens (including phenoxy) is 2. The lowest BCUT2D eigenvalue weighted by atomic mass is 9.90. The van der Waals surface area contributed by atoms with Crippen molar-refractivity contribution < 1.29 is 19.1 Å². The Kier molecular flexibility index (Phi) is 9.15. The Labute approximate surface area is 185 Å². The van der Waals surface area contributed by atoms with Crippen molar-refractivity contribution >= 4 is 12.0 Å². The molecule has 1 saturated heterocycles. The van der Waals surface area contributed by atoms with Gasteiger partial charge < -0.3 is 25.4 Å². The molecule has 7 nitrogen and oxygen atoms in total. The van der Waals surface area contributed by atoms with Gasteiger partial charge in [-0.2, -0.15) is 0 Å². The predicted octanol–water partition coefficient (Wildman–Crippen LogP) is 3.22. The van der Waals surface area contributed by atoms with Crippen LogP contribution in [0.5, 0.6) is 0 Å². The quantitative estimate of drug-likeness (QED) is 0.659. The van der Waals surface area contributed by atoms with Crippen LogP contribution in [0.15, 0.2) is 30.3 Å². The molecule has 7 heteroatoms. The molecule has 2 fully saturated rings. The van der Waals surface area contributed by atoms with Crippen LogP contribution in [-0.4, -0.2) is 54.8 Å². The summed E-state index contributed by atoms with van der Waals surface area (Å²) >= 11 is 0. The Morgan fingerprint density at radius 3 is 2.61 bits per heavy atom. The number of nitrogens with one attached hydrogen (secondary N) is 1. The first-order chi connectivity index (χ1) is 15.0. The van der Waals surface area contributed by atoms with Crippen molar-refractivity contribution in [1.82, 2.24) is 10.2 Å². The summed E-state index contributed by atoms with van der Waals surface area (Å²) < 4.78 is 11.3. The first-order valence-electron chi connectivity index (χ1n) is 11.7. The van der Waals surface area contributed by atoms with E-state index in [1.54, 1.807) is 4.90 Å². The predicted molar refractivity (Wildman–Crippen MR) is 119 cm³/mol. The summed E-state index contributed by atoms with van der Waals surface area (Å²) in [5.74, 6) is 0.476. The van der Waals surface area contributed by atoms with Crippen LogP contribution in [0.25, 0.3) is 0 Å². The Bertz CT molecular complexity index is 693. The number of hydrogen-bond donors (Lipinski definition) is 2. The van der Waals surface area contributed by atoms with Crippen molar-refractivity contribution in [3.63, 3.8) is 0 Å². The Hall–Kier alpha value is -2.12. The van der Waals surface area contributed by atoms with Gasteiger partial charge in [-0.1, -0.05) is 49.6 Å². The highest BCUT2D eigenvalue weighted by Gasteiger charge is 2.31. The second kappa shape index (κ2) is 12.1. The summed E-state index contributed by atoms with van der Waals surface area (Å²) in [5, 5.41) is 2.88. The van der Waals surface area contributed by atoms with Crippen LogP contribution in [0, 0.1) is 5.92 Å². The summed E-state index contributed by atoms with van der Waals surface area (Å²) in [7, 11) is 0. The standard InChI is InChI=1S/C24H37N3O4/c1-18(30-16-19-9-4-2-5-10-19)22(25)23(28)27-14-8-13-21(15-27)26-24(29)31-17-20-11-6-3-7-12-20/h3,6-7,11-12,18-19,21-22H,2,4-5,8-10,13-17,25H2,1H3,(H,26,29)/t18-,21-,22+/m1/s1. The minimum Gasteiger partial charge on any atom is -0.445 e. The molecule has 3 atom stereocenters. The summed E-state index contributed by atoms with van der Waals surface area (Å²) in [6.07, 6.45) is 7.11. The zero-order valence-electron chi connectivity index (χ0n) is 18.6. The minimum atomic E-state index is -0.688. The van der Waals surface area contributed by atoms with E-state index in [-0.39, 0.29) is 24.7 Å². The maximum absolute atomic E-state index is 12.9. The zero-order chi connectivity index (χ0) is 22.1. The van der Waals surface area contributed by atoms with Crippen LogP contribution >= 0.6 is 0 Å². The molecule has 2 aliphatic rings. The van der Waals surface area contributed by atoms with Crippen LogP contribution in [0.1, 0.15) is 57.4 Å². The van der Waals surface area contributed by atoms with E-state index in [0.29, 0.717) is 25.6 Å². The lowest BCUT2D eigenvalue weighted by Gasteiger charge is -2.35. The molecule has 1 heterocycles. The topological polar surface area (TPSA) is 93.9 Å². The monoisotopic (exact) mass is 431 g/mol. The largest absolute Gasteiger partial charge is 0.445 e. The van der Waals surface area contributed by atoms with Crippen molar-refractivity contribution in [2.45, 2.75) is 76.7 Å². The normalized spacial score (nSPS) is 21.9. The molecule has 0 radical (unpaired) electrons. The fourth-order valence-electron chi connectivity index (χ4n) is 4.38. The maximum atomic E-state index is 12.9. The number of likely N-dealkylation sites (tertiary alicyclic amines) is 1. The maximum Gasteiger partial charge on any atom is 0.407 e. The summed E-state index contributed by atoms with van der Waals surface area (Å²) in [5.41, 5.74) is 7.17. The molecule has 2 amide bonds. The van der Waals surface area contributed by atoms with E-state index in [0.717, 1.165) is 18.4 Å². The zero-order valence-corrected chi connectivity index (χ0v) is 18.6. The third-order valence-electron chi connectivity index (χ3n) is 6.38. The van der Waals surface area contributed by atoms with Crippen LogP contribution in [0.2, 0.25) is 0 Å². The van der Waals surface area contributed by atoms with E-state index in [4.69, 9.17) is 15.2 Å². The SMILES string of the molecule is C[C@@H](OCC1CCCCC1)[C@H](N)C(=O)N1CCC[C@@H](NC(=O)OCc2ccccc2)C1. The highest BCUT2D eigenvalue weighted by atomic mass is 16.5. The Morgan fingerprint density at radius 2 is 1.87 bits per heavy atom. The number of hydrogen-bond acceptors (Lipinski definition) is 5. The number of nitrogens with zero attached hydrogens (tertiary/aromatic N) is 1. The number of piperidine rings is 1. The van der Waals surface area contributed by atoms with Crippen molar-refractivity contribution in [3.05, 3.63) is 35.9 Å². The molecule has 0 bridgehead atoms. The number of nitrogens with two attached hydrogens (primary N) is 1. The van der Waals surface area contributed by atoms with Gasteiger partial charge in [0.15, 0.2) is 0 Å². The number of rotatable bonds is 8. The van der Waals surface area contributed by atoms with Crippen molar-refractivity contribution in [2.75, 3.05) is 19.7 Å². The fraction of sp³-hybridized carbons (Fsp3) is 0.667. The number of amides is 2. The van der Waals surface area contributed by atoms with Crippen molar-refractivity contribution in [2.24, 2.45) is 11.7 Å². The molecule has 1 aromatic rings. The number of benzene rings is 1. The molecular weight excluding hydrogens is 394 g/mol. The van der Waals surface area contributed by atoms with E-state index in [1.807, 2.05) is 37.3 Å². The molecule has 3 rings (SSSR count). The van der Waals surface area contributed by atoms with Crippen molar-refractivity contribution in [3.8, 4) is 0 Å². The molecule has 172 valence electrons. The summed E-state index contributed by atoms with van der Waals surface area (Å²) in [6.45, 7) is 3.88. The molecular formula is C24H37N3O4. The summed E-state index contributed by atoms with van der Waals surface area (Å²) in [6, 6.07) is 8.73. The van der Waals surface area contributed by atoms with Gasteiger partial charge in [-0.05, 0) is 44.1 Å². The van der Waals surface area contributed by atoms with Gasteiger partial charge in [-0.25, -0.2) is 4.79 Å². The molecule has 1 aliphatic carbocycles. The second-order valence-electron chi connectivity index (χ2n) is 8.90. The highest BCUT2D eigenvalue weighted by Crippen LogP contribution is 2.24. The average molecular weight is 432 g/mol. The third kappa shape index (κ3) is 7.51. The molecule has 0 aromatic heterocycles. The lowest BCUT2D eigenvalue weighted by molar-refractivity contribution is -0.137. The van der Waals surface area contributed by atoms with Gasteiger partial charge in [0.05, 0.1) is 6.10 Å². The number of carbonyl (C=O) groups is 2. The highest BCUT2D eigenvalue weighted by molar-refractivity contribution is 5.82. The lowest BCUT2D eigenvalue weighted by Crippen LogP contribution is -2.56. The molecule has 0 spiro atoms. The molecule has 0 unspecified atom stereocenters. The van der Waals surface area contributed by atoms with Gasteiger partial charge in [0.2, 0.25) is 5.91 Å². The van der Waals surface area contributed by atoms with Gasteiger partial charge in [0.1, 0.15) is 12.6 Å².